The summed E-state index contributed by atoms with van der Waals surface area (Å²) in [6, 6.07) is 6.16. The Morgan fingerprint density at radius 2 is 1.82 bits per heavy atom. The molecule has 0 bridgehead atoms. The normalized spacial score (nSPS) is 33.2. The molecule has 34 heavy (non-hydrogen) atoms. The van der Waals surface area contributed by atoms with Gasteiger partial charge in [0.15, 0.2) is 17.3 Å². The summed E-state index contributed by atoms with van der Waals surface area (Å²) >= 11 is 0. The summed E-state index contributed by atoms with van der Waals surface area (Å²) in [6.07, 6.45) is 5.38. The molecule has 7 heteroatoms. The van der Waals surface area contributed by atoms with Gasteiger partial charge in [-0.15, -0.1) is 0 Å². The van der Waals surface area contributed by atoms with Gasteiger partial charge in [-0.1, -0.05) is 19.1 Å². The number of rotatable bonds is 4. The highest BCUT2D eigenvalue weighted by Gasteiger charge is 2.54. The molecule has 7 nitrogen and oxygen atoms in total. The fourth-order valence-corrected chi connectivity index (χ4v) is 6.49. The Hall–Kier alpha value is -2.64. The number of nitrogens with zero attached hydrogens (tertiary/aromatic N) is 2. The molecular weight excluding hydrogens is 432 g/mol. The Balaban J connectivity index is 1.08. The number of ketones is 1. The number of ether oxygens (including phenoxy) is 3. The van der Waals surface area contributed by atoms with Crippen molar-refractivity contribution in [2.45, 2.75) is 39.3 Å². The number of carbonyl (C=O) groups excluding carboxylic acids is 2. The van der Waals surface area contributed by atoms with E-state index >= 15 is 0 Å². The van der Waals surface area contributed by atoms with Crippen LogP contribution in [0.25, 0.3) is 0 Å². The van der Waals surface area contributed by atoms with Gasteiger partial charge < -0.3 is 14.2 Å². The van der Waals surface area contributed by atoms with Gasteiger partial charge in [0.05, 0.1) is 5.92 Å². The van der Waals surface area contributed by atoms with Crippen LogP contribution in [-0.4, -0.2) is 67.2 Å². The average molecular weight is 465 g/mol. The first kappa shape index (κ1) is 21.9. The predicted octanol–water partition coefficient (Wildman–Crippen LogP) is 2.95. The molecule has 4 atom stereocenters. The Bertz CT molecular complexity index is 1090. The van der Waals surface area contributed by atoms with E-state index in [2.05, 4.69) is 28.9 Å². The quantitative estimate of drug-likeness (QED) is 0.635. The molecule has 3 heterocycles. The van der Waals surface area contributed by atoms with Gasteiger partial charge in [-0.2, -0.15) is 0 Å². The van der Waals surface area contributed by atoms with Gasteiger partial charge in [-0.3, -0.25) is 19.4 Å². The van der Waals surface area contributed by atoms with Gasteiger partial charge in [0.1, 0.15) is 6.10 Å². The lowest BCUT2D eigenvalue weighted by atomic mass is 9.61. The maximum Gasteiger partial charge on any atom is 0.311 e. The lowest BCUT2D eigenvalue weighted by Gasteiger charge is -2.43. The molecular formula is C27H32N2O5. The van der Waals surface area contributed by atoms with Crippen LogP contribution in [0, 0.1) is 17.3 Å². The van der Waals surface area contributed by atoms with Gasteiger partial charge in [0, 0.05) is 56.2 Å². The van der Waals surface area contributed by atoms with Gasteiger partial charge in [-0.25, -0.2) is 0 Å². The molecule has 0 aromatic heterocycles. The van der Waals surface area contributed by atoms with E-state index in [-0.39, 0.29) is 35.1 Å². The van der Waals surface area contributed by atoms with Crippen molar-refractivity contribution < 1.29 is 23.8 Å². The van der Waals surface area contributed by atoms with Crippen molar-refractivity contribution in [2.24, 2.45) is 17.3 Å². The molecule has 1 aromatic rings. The van der Waals surface area contributed by atoms with Crippen LogP contribution >= 0.6 is 0 Å². The third-order valence-corrected chi connectivity index (χ3v) is 8.49. The van der Waals surface area contributed by atoms with Crippen molar-refractivity contribution in [3.8, 4) is 11.5 Å². The molecule has 0 N–H and O–H groups in total. The fraction of sp³-hybridized carbons (Fsp3) is 0.556. The summed E-state index contributed by atoms with van der Waals surface area (Å²) in [6.45, 7) is 9.79. The molecule has 2 saturated heterocycles. The molecule has 3 fully saturated rings. The molecule has 0 amide bonds. The predicted molar refractivity (Wildman–Crippen MR) is 125 cm³/mol. The van der Waals surface area contributed by atoms with Crippen LogP contribution in [0.2, 0.25) is 0 Å². The van der Waals surface area contributed by atoms with Crippen molar-refractivity contribution in [1.82, 2.24) is 9.80 Å². The van der Waals surface area contributed by atoms with Crippen molar-refractivity contribution >= 4 is 11.8 Å². The summed E-state index contributed by atoms with van der Waals surface area (Å²) in [7, 11) is 0. The first-order valence-electron chi connectivity index (χ1n) is 12.4. The topological polar surface area (TPSA) is 68.3 Å². The van der Waals surface area contributed by atoms with Crippen molar-refractivity contribution in [1.29, 1.82) is 0 Å². The molecule has 1 saturated carbocycles. The van der Waals surface area contributed by atoms with E-state index in [1.165, 1.54) is 5.56 Å². The number of hydrogen-bond acceptors (Lipinski definition) is 7. The van der Waals surface area contributed by atoms with E-state index in [4.69, 9.17) is 14.2 Å². The average Bonchev–Trinajstić information content (AvgIpc) is 3.41. The molecule has 0 spiro atoms. The highest BCUT2D eigenvalue weighted by Crippen LogP contribution is 2.53. The van der Waals surface area contributed by atoms with E-state index in [0.29, 0.717) is 6.79 Å². The first-order chi connectivity index (χ1) is 16.4. The maximum absolute atomic E-state index is 13.0. The third kappa shape index (κ3) is 3.66. The zero-order valence-corrected chi connectivity index (χ0v) is 19.9. The molecule has 5 aliphatic rings. The van der Waals surface area contributed by atoms with Gasteiger partial charge >= 0.3 is 5.97 Å². The second-order valence-electron chi connectivity index (χ2n) is 10.6. The summed E-state index contributed by atoms with van der Waals surface area (Å²) < 4.78 is 16.9. The lowest BCUT2D eigenvalue weighted by Crippen LogP contribution is -2.49. The van der Waals surface area contributed by atoms with Crippen LogP contribution in [0.4, 0.5) is 0 Å². The lowest BCUT2D eigenvalue weighted by molar-refractivity contribution is -0.144. The van der Waals surface area contributed by atoms with Crippen LogP contribution in [0.1, 0.15) is 32.3 Å². The Kier molecular flexibility index (Phi) is 5.30. The van der Waals surface area contributed by atoms with E-state index in [9.17, 15) is 9.59 Å². The van der Waals surface area contributed by atoms with Crippen LogP contribution in [0.3, 0.4) is 0 Å². The van der Waals surface area contributed by atoms with Crippen LogP contribution < -0.4 is 9.47 Å². The molecule has 1 aromatic carbocycles. The Labute approximate surface area is 200 Å². The minimum Gasteiger partial charge on any atom is -0.457 e. The maximum atomic E-state index is 13.0. The Morgan fingerprint density at radius 1 is 1.06 bits per heavy atom. The number of benzene rings is 1. The Morgan fingerprint density at radius 3 is 2.65 bits per heavy atom. The molecule has 0 radical (unpaired) electrons. The third-order valence-electron chi connectivity index (χ3n) is 8.49. The van der Waals surface area contributed by atoms with Crippen molar-refractivity contribution in [3.05, 3.63) is 47.1 Å². The molecule has 6 rings (SSSR count). The van der Waals surface area contributed by atoms with Gasteiger partial charge in [0.2, 0.25) is 6.79 Å². The highest BCUT2D eigenvalue weighted by atomic mass is 16.7. The summed E-state index contributed by atoms with van der Waals surface area (Å²) in [4.78, 5) is 30.2. The number of carbonyl (C=O) groups is 2. The van der Waals surface area contributed by atoms with Crippen LogP contribution in [0.15, 0.2) is 41.5 Å². The highest BCUT2D eigenvalue weighted by molar-refractivity contribution is 6.05. The standard InChI is InChI=1S/C27H32N2O5/c1-17-21(30)6-8-27(2)7-5-19-20(26(31)34-25(19)24(17)27)15-29-11-9-28(10-12-29)14-18-3-4-22-23(13-18)33-16-32-22/h3-4,6,8,13,19-20,25H,5,7,9-12,14-16H2,1-2H3/t19-,20-,25-,27-/m0/s1. The summed E-state index contributed by atoms with van der Waals surface area (Å²) in [5, 5.41) is 0. The number of allylic oxidation sites excluding steroid dienone is 3. The fourth-order valence-electron chi connectivity index (χ4n) is 6.49. The summed E-state index contributed by atoms with van der Waals surface area (Å²) in [5.74, 6) is 1.65. The smallest absolute Gasteiger partial charge is 0.311 e. The monoisotopic (exact) mass is 464 g/mol. The molecule has 180 valence electrons. The van der Waals surface area contributed by atoms with Gasteiger partial charge in [-0.05, 0) is 49.1 Å². The zero-order chi connectivity index (χ0) is 23.4. The minimum atomic E-state index is -0.252. The second-order valence-corrected chi connectivity index (χ2v) is 10.6. The van der Waals surface area contributed by atoms with Crippen LogP contribution in [-0.2, 0) is 20.9 Å². The molecule has 2 aliphatic carbocycles. The zero-order valence-electron chi connectivity index (χ0n) is 19.9. The van der Waals surface area contributed by atoms with Crippen molar-refractivity contribution in [3.63, 3.8) is 0 Å². The molecule has 0 unspecified atom stereocenters. The van der Waals surface area contributed by atoms with Gasteiger partial charge in [0.25, 0.3) is 0 Å². The SMILES string of the molecule is CC1=C2[C@H]3OC(=O)[C@@H](CN4CCN(Cc5ccc6c(c5)OCO6)CC4)[C@@H]3CC[C@@]2(C)C=CC1=O. The van der Waals surface area contributed by atoms with E-state index in [1.807, 2.05) is 19.1 Å². The van der Waals surface area contributed by atoms with Crippen LogP contribution in [0.5, 0.6) is 11.5 Å². The number of esters is 1. The van der Waals surface area contributed by atoms with E-state index < -0.39 is 0 Å². The first-order valence-corrected chi connectivity index (χ1v) is 12.4. The van der Waals surface area contributed by atoms with Crippen molar-refractivity contribution in [2.75, 3.05) is 39.5 Å². The number of piperazine rings is 1. The van der Waals surface area contributed by atoms with E-state index in [1.54, 1.807) is 6.08 Å². The van der Waals surface area contributed by atoms with E-state index in [0.717, 1.165) is 74.8 Å². The second kappa shape index (κ2) is 8.24. The summed E-state index contributed by atoms with van der Waals surface area (Å²) in [5.41, 5.74) is 2.87. The number of hydrogen-bond donors (Lipinski definition) is 0. The largest absolute Gasteiger partial charge is 0.457 e. The number of fused-ring (bicyclic) bond motifs is 4. The molecule has 3 aliphatic heterocycles. The minimum absolute atomic E-state index is 0.0474.